The predicted molar refractivity (Wildman–Crippen MR) is 70.9 cm³/mol. The fourth-order valence-corrected chi connectivity index (χ4v) is 1.70. The predicted octanol–water partition coefficient (Wildman–Crippen LogP) is 1.09. The lowest BCUT2D eigenvalue weighted by molar-refractivity contribution is -0.130. The average molecular weight is 273 g/mol. The van der Waals surface area contributed by atoms with Crippen LogP contribution in [0.15, 0.2) is 11.1 Å². The first-order valence-electron chi connectivity index (χ1n) is 5.85. The number of anilines is 1. The second-order valence-corrected chi connectivity index (χ2v) is 4.02. The van der Waals surface area contributed by atoms with E-state index in [1.165, 1.54) is 6.33 Å². The second kappa shape index (κ2) is 7.00. The quantitative estimate of drug-likeness (QED) is 0.813. The van der Waals surface area contributed by atoms with Crippen LogP contribution in [0.2, 0.25) is 5.02 Å². The minimum atomic E-state index is -0.399. The zero-order valence-corrected chi connectivity index (χ0v) is 11.3. The molecule has 1 aromatic heterocycles. The van der Waals surface area contributed by atoms with E-state index in [9.17, 15) is 9.59 Å². The lowest BCUT2D eigenvalue weighted by atomic mass is 10.3. The molecule has 0 fully saturated rings. The molecule has 1 amide bonds. The second-order valence-electron chi connectivity index (χ2n) is 3.64. The van der Waals surface area contributed by atoms with E-state index in [-0.39, 0.29) is 10.9 Å². The maximum absolute atomic E-state index is 11.7. The van der Waals surface area contributed by atoms with Crippen molar-refractivity contribution in [3.05, 3.63) is 21.7 Å². The molecule has 0 aliphatic rings. The standard InChI is InChI=1S/C11H17ClN4O2/c1-3-16(4-2)8(17)5-6-13-10-9(12)11(18)15-7-14-10/h7H,3-6H2,1-2H3,(H2,13,14,15,18). The number of aromatic amines is 1. The molecule has 7 heteroatoms. The summed E-state index contributed by atoms with van der Waals surface area (Å²) >= 11 is 5.76. The van der Waals surface area contributed by atoms with Crippen LogP contribution in [0.3, 0.4) is 0 Å². The van der Waals surface area contributed by atoms with Gasteiger partial charge in [-0.2, -0.15) is 0 Å². The molecule has 1 rings (SSSR count). The molecule has 0 bridgehead atoms. The van der Waals surface area contributed by atoms with E-state index in [1.807, 2.05) is 13.8 Å². The van der Waals surface area contributed by atoms with Crippen molar-refractivity contribution in [3.63, 3.8) is 0 Å². The highest BCUT2D eigenvalue weighted by atomic mass is 35.5. The van der Waals surface area contributed by atoms with Gasteiger partial charge in [-0.1, -0.05) is 11.6 Å². The monoisotopic (exact) mass is 272 g/mol. The number of carbonyl (C=O) groups excluding carboxylic acids is 1. The molecule has 0 atom stereocenters. The number of amides is 1. The summed E-state index contributed by atoms with van der Waals surface area (Å²) < 4.78 is 0. The molecule has 100 valence electrons. The van der Waals surface area contributed by atoms with E-state index in [2.05, 4.69) is 15.3 Å². The summed E-state index contributed by atoms with van der Waals surface area (Å²) in [6.07, 6.45) is 1.61. The van der Waals surface area contributed by atoms with Gasteiger partial charge in [-0.3, -0.25) is 9.59 Å². The van der Waals surface area contributed by atoms with Crippen LogP contribution in [0.4, 0.5) is 5.82 Å². The van der Waals surface area contributed by atoms with Gasteiger partial charge in [-0.05, 0) is 13.8 Å². The Bertz CT molecular complexity index is 457. The molecule has 6 nitrogen and oxygen atoms in total. The molecule has 0 radical (unpaired) electrons. The summed E-state index contributed by atoms with van der Waals surface area (Å²) in [6.45, 7) is 5.65. The largest absolute Gasteiger partial charge is 0.368 e. The van der Waals surface area contributed by atoms with Crippen LogP contribution in [0.25, 0.3) is 0 Å². The van der Waals surface area contributed by atoms with Gasteiger partial charge in [0, 0.05) is 26.1 Å². The van der Waals surface area contributed by atoms with Crippen molar-refractivity contribution >= 4 is 23.3 Å². The Hall–Kier alpha value is -1.56. The summed E-state index contributed by atoms with van der Waals surface area (Å²) in [4.78, 5) is 30.9. The van der Waals surface area contributed by atoms with E-state index in [0.29, 0.717) is 31.9 Å². The first-order chi connectivity index (χ1) is 8.60. The average Bonchev–Trinajstić information content (AvgIpc) is 2.36. The Balaban J connectivity index is 2.49. The van der Waals surface area contributed by atoms with E-state index in [1.54, 1.807) is 4.90 Å². The first-order valence-corrected chi connectivity index (χ1v) is 6.22. The summed E-state index contributed by atoms with van der Waals surface area (Å²) in [5.41, 5.74) is -0.399. The van der Waals surface area contributed by atoms with Crippen molar-refractivity contribution in [2.75, 3.05) is 25.0 Å². The van der Waals surface area contributed by atoms with Gasteiger partial charge in [0.25, 0.3) is 5.56 Å². The number of carbonyl (C=O) groups is 1. The van der Waals surface area contributed by atoms with Crippen molar-refractivity contribution in [1.29, 1.82) is 0 Å². The Kier molecular flexibility index (Phi) is 5.64. The number of rotatable bonds is 6. The lowest BCUT2D eigenvalue weighted by Gasteiger charge is -2.18. The smallest absolute Gasteiger partial charge is 0.271 e. The molecule has 18 heavy (non-hydrogen) atoms. The van der Waals surface area contributed by atoms with E-state index < -0.39 is 5.56 Å². The van der Waals surface area contributed by atoms with Gasteiger partial charge < -0.3 is 15.2 Å². The Morgan fingerprint density at radius 2 is 2.17 bits per heavy atom. The molecular weight excluding hydrogens is 256 g/mol. The number of H-pyrrole nitrogens is 1. The fourth-order valence-electron chi connectivity index (χ4n) is 1.53. The summed E-state index contributed by atoms with van der Waals surface area (Å²) in [5.74, 6) is 0.362. The Morgan fingerprint density at radius 1 is 1.50 bits per heavy atom. The van der Waals surface area contributed by atoms with Gasteiger partial charge in [0.1, 0.15) is 5.02 Å². The molecule has 2 N–H and O–H groups in total. The van der Waals surface area contributed by atoms with Crippen LogP contribution >= 0.6 is 11.6 Å². The van der Waals surface area contributed by atoms with Crippen LogP contribution in [-0.2, 0) is 4.79 Å². The Labute approximate surface area is 110 Å². The van der Waals surface area contributed by atoms with Gasteiger partial charge >= 0.3 is 0 Å². The highest BCUT2D eigenvalue weighted by Crippen LogP contribution is 2.11. The zero-order valence-electron chi connectivity index (χ0n) is 10.5. The fraction of sp³-hybridized carbons (Fsp3) is 0.545. The van der Waals surface area contributed by atoms with E-state index in [0.717, 1.165) is 0 Å². The van der Waals surface area contributed by atoms with Gasteiger partial charge in [0.2, 0.25) is 5.91 Å². The van der Waals surface area contributed by atoms with E-state index >= 15 is 0 Å². The number of nitrogens with zero attached hydrogens (tertiary/aromatic N) is 2. The third kappa shape index (κ3) is 3.73. The number of hydrogen-bond acceptors (Lipinski definition) is 4. The van der Waals surface area contributed by atoms with Crippen LogP contribution < -0.4 is 10.9 Å². The maximum atomic E-state index is 11.7. The molecular formula is C11H17ClN4O2. The number of hydrogen-bond donors (Lipinski definition) is 2. The normalized spacial score (nSPS) is 10.2. The minimum Gasteiger partial charge on any atom is -0.368 e. The van der Waals surface area contributed by atoms with Gasteiger partial charge in [0.05, 0.1) is 6.33 Å². The molecule has 0 aliphatic heterocycles. The van der Waals surface area contributed by atoms with Crippen molar-refractivity contribution < 1.29 is 4.79 Å². The van der Waals surface area contributed by atoms with Gasteiger partial charge in [-0.15, -0.1) is 0 Å². The van der Waals surface area contributed by atoms with E-state index in [4.69, 9.17) is 11.6 Å². The molecule has 0 saturated carbocycles. The summed E-state index contributed by atoms with van der Waals surface area (Å²) in [5, 5.41) is 2.88. The number of nitrogens with one attached hydrogen (secondary N) is 2. The van der Waals surface area contributed by atoms with Crippen LogP contribution in [0.1, 0.15) is 20.3 Å². The number of halogens is 1. The third-order valence-corrected chi connectivity index (χ3v) is 2.89. The molecule has 1 aromatic rings. The molecule has 0 spiro atoms. The summed E-state index contributed by atoms with van der Waals surface area (Å²) in [6, 6.07) is 0. The third-order valence-electron chi connectivity index (χ3n) is 2.54. The molecule has 0 unspecified atom stereocenters. The molecule has 1 heterocycles. The maximum Gasteiger partial charge on any atom is 0.271 e. The molecule has 0 aromatic carbocycles. The highest BCUT2D eigenvalue weighted by Gasteiger charge is 2.10. The summed E-state index contributed by atoms with van der Waals surface area (Å²) in [7, 11) is 0. The zero-order chi connectivity index (χ0) is 13.5. The van der Waals surface area contributed by atoms with Crippen LogP contribution in [0.5, 0.6) is 0 Å². The first kappa shape index (κ1) is 14.5. The number of aromatic nitrogens is 2. The van der Waals surface area contributed by atoms with Gasteiger partial charge in [-0.25, -0.2) is 4.98 Å². The van der Waals surface area contributed by atoms with Crippen LogP contribution in [0, 0.1) is 0 Å². The molecule has 0 saturated heterocycles. The van der Waals surface area contributed by atoms with Crippen molar-refractivity contribution in [2.45, 2.75) is 20.3 Å². The molecule has 0 aliphatic carbocycles. The van der Waals surface area contributed by atoms with Crippen molar-refractivity contribution in [3.8, 4) is 0 Å². The van der Waals surface area contributed by atoms with Gasteiger partial charge in [0.15, 0.2) is 5.82 Å². The van der Waals surface area contributed by atoms with Crippen molar-refractivity contribution in [2.24, 2.45) is 0 Å². The van der Waals surface area contributed by atoms with Crippen molar-refractivity contribution in [1.82, 2.24) is 14.9 Å². The SMILES string of the molecule is CCN(CC)C(=O)CCNc1nc[nH]c(=O)c1Cl. The minimum absolute atomic E-state index is 0.00721. The van der Waals surface area contributed by atoms with Crippen LogP contribution in [-0.4, -0.2) is 40.4 Å². The highest BCUT2D eigenvalue weighted by molar-refractivity contribution is 6.32. The topological polar surface area (TPSA) is 78.1 Å². The Morgan fingerprint density at radius 3 is 2.78 bits per heavy atom. The lowest BCUT2D eigenvalue weighted by Crippen LogP contribution is -2.31.